The lowest BCUT2D eigenvalue weighted by Gasteiger charge is -2.05. The predicted molar refractivity (Wildman–Crippen MR) is 70.7 cm³/mol. The second-order valence-electron chi connectivity index (χ2n) is 3.76. The molecule has 3 rings (SSSR count). The number of halogens is 1. The molecule has 0 aliphatic carbocycles. The minimum atomic E-state index is 0.422. The molecule has 0 bridgehead atoms. The fourth-order valence-electron chi connectivity index (χ4n) is 1.52. The number of imidazole rings is 1. The van der Waals surface area contributed by atoms with Crippen LogP contribution in [0.5, 0.6) is 11.6 Å². The van der Waals surface area contributed by atoms with Crippen molar-refractivity contribution in [1.29, 1.82) is 0 Å². The van der Waals surface area contributed by atoms with Crippen molar-refractivity contribution in [2.24, 2.45) is 0 Å². The van der Waals surface area contributed by atoms with Gasteiger partial charge in [-0.05, 0) is 30.3 Å². The summed E-state index contributed by atoms with van der Waals surface area (Å²) in [5.41, 5.74) is 0. The Morgan fingerprint density at radius 3 is 2.47 bits per heavy atom. The Kier molecular flexibility index (Phi) is 3.12. The van der Waals surface area contributed by atoms with Gasteiger partial charge in [-0.3, -0.25) is 4.57 Å². The molecule has 5 nitrogen and oxygen atoms in total. The van der Waals surface area contributed by atoms with E-state index in [9.17, 15) is 0 Å². The molecule has 0 radical (unpaired) electrons. The molecule has 0 fully saturated rings. The first-order chi connectivity index (χ1) is 9.31. The highest BCUT2D eigenvalue weighted by molar-refractivity contribution is 6.30. The van der Waals surface area contributed by atoms with Crippen LogP contribution in [0, 0.1) is 0 Å². The van der Waals surface area contributed by atoms with Gasteiger partial charge in [-0.1, -0.05) is 11.6 Å². The fraction of sp³-hybridized carbons (Fsp3) is 0. The Bertz CT molecular complexity index is 650. The molecule has 0 aliphatic rings. The van der Waals surface area contributed by atoms with Crippen LogP contribution < -0.4 is 4.74 Å². The Morgan fingerprint density at radius 1 is 1.00 bits per heavy atom. The highest BCUT2D eigenvalue weighted by atomic mass is 35.5. The van der Waals surface area contributed by atoms with Crippen LogP contribution in [0.3, 0.4) is 0 Å². The SMILES string of the molecule is Clc1ccc(Oc2ccc(-n3ccnc3)nn2)cc1. The van der Waals surface area contributed by atoms with Crippen LogP contribution >= 0.6 is 11.6 Å². The lowest BCUT2D eigenvalue weighted by molar-refractivity contribution is 0.454. The summed E-state index contributed by atoms with van der Waals surface area (Å²) in [7, 11) is 0. The van der Waals surface area contributed by atoms with E-state index in [-0.39, 0.29) is 0 Å². The van der Waals surface area contributed by atoms with Gasteiger partial charge >= 0.3 is 0 Å². The highest BCUT2D eigenvalue weighted by Crippen LogP contribution is 2.21. The van der Waals surface area contributed by atoms with Crippen molar-refractivity contribution >= 4 is 11.6 Å². The molecule has 6 heteroatoms. The molecule has 0 saturated heterocycles. The second-order valence-corrected chi connectivity index (χ2v) is 4.19. The van der Waals surface area contributed by atoms with Crippen LogP contribution in [0.1, 0.15) is 0 Å². The third-order valence-electron chi connectivity index (χ3n) is 2.43. The van der Waals surface area contributed by atoms with Gasteiger partial charge in [0.15, 0.2) is 5.82 Å². The van der Waals surface area contributed by atoms with Gasteiger partial charge in [0.1, 0.15) is 12.1 Å². The third-order valence-corrected chi connectivity index (χ3v) is 2.68. The Balaban J connectivity index is 1.77. The number of aromatic nitrogens is 4. The maximum atomic E-state index is 5.80. The van der Waals surface area contributed by atoms with E-state index in [1.807, 2.05) is 0 Å². The molecular formula is C13H9ClN4O. The molecule has 94 valence electrons. The predicted octanol–water partition coefficient (Wildman–Crippen LogP) is 3.11. The van der Waals surface area contributed by atoms with E-state index in [0.29, 0.717) is 22.5 Å². The second kappa shape index (κ2) is 5.07. The van der Waals surface area contributed by atoms with E-state index in [1.165, 1.54) is 0 Å². The van der Waals surface area contributed by atoms with Crippen molar-refractivity contribution < 1.29 is 4.74 Å². The van der Waals surface area contributed by atoms with E-state index in [4.69, 9.17) is 16.3 Å². The fourth-order valence-corrected chi connectivity index (χ4v) is 1.65. The Hall–Kier alpha value is -2.40. The third kappa shape index (κ3) is 2.71. The summed E-state index contributed by atoms with van der Waals surface area (Å²) in [6, 6.07) is 10.6. The lowest BCUT2D eigenvalue weighted by Crippen LogP contribution is -1.97. The average Bonchev–Trinajstić information content (AvgIpc) is 2.96. The molecule has 3 aromatic rings. The molecule has 0 unspecified atom stereocenters. The van der Waals surface area contributed by atoms with Gasteiger partial charge in [-0.15, -0.1) is 10.2 Å². The topological polar surface area (TPSA) is 52.8 Å². The Morgan fingerprint density at radius 2 is 1.84 bits per heavy atom. The minimum absolute atomic E-state index is 0.422. The number of rotatable bonds is 3. The van der Waals surface area contributed by atoms with Crippen LogP contribution in [-0.4, -0.2) is 19.7 Å². The molecule has 2 heterocycles. The van der Waals surface area contributed by atoms with Crippen LogP contribution in [0.15, 0.2) is 55.1 Å². The van der Waals surface area contributed by atoms with Gasteiger partial charge in [0, 0.05) is 23.5 Å². The van der Waals surface area contributed by atoms with Crippen LogP contribution in [0.4, 0.5) is 0 Å². The van der Waals surface area contributed by atoms with Gasteiger partial charge < -0.3 is 4.74 Å². The summed E-state index contributed by atoms with van der Waals surface area (Å²) in [5, 5.41) is 8.72. The Labute approximate surface area is 114 Å². The first-order valence-electron chi connectivity index (χ1n) is 5.57. The van der Waals surface area contributed by atoms with E-state index in [1.54, 1.807) is 59.7 Å². The summed E-state index contributed by atoms with van der Waals surface area (Å²) < 4.78 is 7.31. The van der Waals surface area contributed by atoms with Crippen molar-refractivity contribution in [3.8, 4) is 17.4 Å². The standard InChI is InChI=1S/C13H9ClN4O/c14-10-1-3-11(4-2-10)19-13-6-5-12(16-17-13)18-8-7-15-9-18/h1-9H. The quantitative estimate of drug-likeness (QED) is 0.735. The zero-order valence-corrected chi connectivity index (χ0v) is 10.5. The van der Waals surface area contributed by atoms with Gasteiger partial charge in [-0.2, -0.15) is 0 Å². The van der Waals surface area contributed by atoms with E-state index in [0.717, 1.165) is 0 Å². The summed E-state index contributed by atoms with van der Waals surface area (Å²) in [4.78, 5) is 3.95. The molecule has 0 spiro atoms. The van der Waals surface area contributed by atoms with Gasteiger partial charge in [0.2, 0.25) is 5.88 Å². The van der Waals surface area contributed by atoms with E-state index >= 15 is 0 Å². The molecule has 1 aromatic carbocycles. The smallest absolute Gasteiger partial charge is 0.238 e. The highest BCUT2D eigenvalue weighted by Gasteiger charge is 2.02. The molecular weight excluding hydrogens is 264 g/mol. The molecule has 19 heavy (non-hydrogen) atoms. The van der Waals surface area contributed by atoms with Crippen molar-refractivity contribution in [2.45, 2.75) is 0 Å². The minimum Gasteiger partial charge on any atom is -0.438 e. The maximum absolute atomic E-state index is 5.80. The van der Waals surface area contributed by atoms with Gasteiger partial charge in [0.25, 0.3) is 0 Å². The summed E-state index contributed by atoms with van der Waals surface area (Å²) in [5.74, 6) is 1.77. The number of benzene rings is 1. The number of hydrogen-bond donors (Lipinski definition) is 0. The maximum Gasteiger partial charge on any atom is 0.238 e. The number of nitrogens with zero attached hydrogens (tertiary/aromatic N) is 4. The molecule has 0 saturated carbocycles. The van der Waals surface area contributed by atoms with Crippen molar-refractivity contribution in [1.82, 2.24) is 19.7 Å². The normalized spacial score (nSPS) is 10.4. The molecule has 0 N–H and O–H groups in total. The largest absolute Gasteiger partial charge is 0.438 e. The van der Waals surface area contributed by atoms with Crippen LogP contribution in [0.2, 0.25) is 5.02 Å². The van der Waals surface area contributed by atoms with Crippen molar-refractivity contribution in [3.63, 3.8) is 0 Å². The van der Waals surface area contributed by atoms with E-state index < -0.39 is 0 Å². The van der Waals surface area contributed by atoms with Crippen LogP contribution in [0.25, 0.3) is 5.82 Å². The summed E-state index contributed by atoms with van der Waals surface area (Å²) in [6.07, 6.45) is 5.13. The van der Waals surface area contributed by atoms with Gasteiger partial charge in [-0.25, -0.2) is 4.98 Å². The molecule has 0 amide bonds. The first kappa shape index (κ1) is 11.7. The number of ether oxygens (including phenoxy) is 1. The summed E-state index contributed by atoms with van der Waals surface area (Å²) >= 11 is 5.80. The van der Waals surface area contributed by atoms with Crippen molar-refractivity contribution in [2.75, 3.05) is 0 Å². The van der Waals surface area contributed by atoms with Gasteiger partial charge in [0.05, 0.1) is 0 Å². The molecule has 0 atom stereocenters. The first-order valence-corrected chi connectivity index (χ1v) is 5.94. The van der Waals surface area contributed by atoms with Crippen LogP contribution in [-0.2, 0) is 0 Å². The summed E-state index contributed by atoms with van der Waals surface area (Å²) in [6.45, 7) is 0. The lowest BCUT2D eigenvalue weighted by atomic mass is 10.3. The van der Waals surface area contributed by atoms with Crippen molar-refractivity contribution in [3.05, 3.63) is 60.1 Å². The zero-order chi connectivity index (χ0) is 13.1. The zero-order valence-electron chi connectivity index (χ0n) is 9.77. The average molecular weight is 273 g/mol. The molecule has 2 aromatic heterocycles. The monoisotopic (exact) mass is 272 g/mol. The molecule has 0 aliphatic heterocycles. The van der Waals surface area contributed by atoms with E-state index in [2.05, 4.69) is 15.2 Å². The number of hydrogen-bond acceptors (Lipinski definition) is 4.